The number of aliphatic carboxylic acids is 1. The largest absolute Gasteiger partial charge is 0.480 e. The number of nitrogens with zero attached hydrogens (tertiary/aromatic N) is 2. The highest BCUT2D eigenvalue weighted by Crippen LogP contribution is 2.43. The summed E-state index contributed by atoms with van der Waals surface area (Å²) in [6.07, 6.45) is 4.08. The van der Waals surface area contributed by atoms with E-state index < -0.39 is 22.0 Å². The van der Waals surface area contributed by atoms with Crippen LogP contribution in [0, 0.1) is 5.92 Å². The Morgan fingerprint density at radius 2 is 1.96 bits per heavy atom. The van der Waals surface area contributed by atoms with Crippen LogP contribution in [0.3, 0.4) is 0 Å². The van der Waals surface area contributed by atoms with E-state index in [1.54, 1.807) is 13.1 Å². The standard InChI is InChI=1S/C18H22N2O5S/c1-19-14-7-6-13(8-12(14)10-17(19)21)26(24,25)20-15-5-3-2-4-11(15)9-16(20)18(22)23/h6-8,11,15-16H,2-5,9-10H2,1H3,(H,22,23). The number of hydrogen-bond acceptors (Lipinski definition) is 4. The molecule has 0 bridgehead atoms. The molecular formula is C18H22N2O5S. The summed E-state index contributed by atoms with van der Waals surface area (Å²) in [6.45, 7) is 0. The van der Waals surface area contributed by atoms with Gasteiger partial charge in [-0.15, -0.1) is 0 Å². The van der Waals surface area contributed by atoms with E-state index in [0.717, 1.165) is 19.3 Å². The molecule has 1 aromatic carbocycles. The van der Waals surface area contributed by atoms with Gasteiger partial charge >= 0.3 is 5.97 Å². The summed E-state index contributed by atoms with van der Waals surface area (Å²) >= 11 is 0. The summed E-state index contributed by atoms with van der Waals surface area (Å²) in [7, 11) is -2.27. The smallest absolute Gasteiger partial charge is 0.322 e. The molecule has 0 aromatic heterocycles. The minimum atomic E-state index is -3.94. The highest BCUT2D eigenvalue weighted by atomic mass is 32.2. The fraction of sp³-hybridized carbons (Fsp3) is 0.556. The van der Waals surface area contributed by atoms with Gasteiger partial charge in [0.05, 0.1) is 11.3 Å². The second-order valence-corrected chi connectivity index (χ2v) is 9.30. The first-order valence-corrected chi connectivity index (χ1v) is 10.4. The lowest BCUT2D eigenvalue weighted by Gasteiger charge is -2.32. The van der Waals surface area contributed by atoms with Gasteiger partial charge in [0.15, 0.2) is 0 Å². The van der Waals surface area contributed by atoms with Crippen molar-refractivity contribution in [3.63, 3.8) is 0 Å². The van der Waals surface area contributed by atoms with Crippen molar-refractivity contribution < 1.29 is 23.1 Å². The van der Waals surface area contributed by atoms with Gasteiger partial charge in [0.25, 0.3) is 0 Å². The van der Waals surface area contributed by atoms with Crippen LogP contribution in [0.5, 0.6) is 0 Å². The SMILES string of the molecule is CN1C(=O)Cc2cc(S(=O)(=O)N3C(C(=O)O)CC4CCCCC43)ccc21. The second kappa shape index (κ2) is 6.06. The zero-order chi connectivity index (χ0) is 18.6. The molecule has 2 fully saturated rings. The number of carboxylic acids is 1. The fourth-order valence-electron chi connectivity index (χ4n) is 4.70. The Morgan fingerprint density at radius 1 is 1.23 bits per heavy atom. The Kier molecular flexibility index (Phi) is 4.07. The number of fused-ring (bicyclic) bond motifs is 2. The van der Waals surface area contributed by atoms with E-state index in [0.29, 0.717) is 24.1 Å². The van der Waals surface area contributed by atoms with Crippen molar-refractivity contribution >= 4 is 27.6 Å². The topological polar surface area (TPSA) is 95.0 Å². The van der Waals surface area contributed by atoms with Gasteiger partial charge in [-0.2, -0.15) is 4.31 Å². The average molecular weight is 378 g/mol. The van der Waals surface area contributed by atoms with E-state index in [9.17, 15) is 23.1 Å². The van der Waals surface area contributed by atoms with Crippen molar-refractivity contribution in [3.05, 3.63) is 23.8 Å². The minimum absolute atomic E-state index is 0.0773. The number of amides is 1. The summed E-state index contributed by atoms with van der Waals surface area (Å²) in [5.74, 6) is -1.05. The molecule has 0 radical (unpaired) electrons. The molecule has 140 valence electrons. The van der Waals surface area contributed by atoms with Crippen molar-refractivity contribution in [2.24, 2.45) is 5.92 Å². The number of anilines is 1. The number of carboxylic acid groups (broad SMARTS) is 1. The molecule has 7 nitrogen and oxygen atoms in total. The van der Waals surface area contributed by atoms with E-state index >= 15 is 0 Å². The fourth-order valence-corrected chi connectivity index (χ4v) is 6.62. The number of likely N-dealkylation sites (N-methyl/N-ethyl adjacent to an activating group) is 1. The third-order valence-corrected chi connectivity index (χ3v) is 7.95. The molecule has 1 saturated carbocycles. The number of benzene rings is 1. The third kappa shape index (κ3) is 2.54. The zero-order valence-corrected chi connectivity index (χ0v) is 15.4. The maximum atomic E-state index is 13.3. The Balaban J connectivity index is 1.75. The van der Waals surface area contributed by atoms with E-state index in [4.69, 9.17) is 0 Å². The first kappa shape index (κ1) is 17.5. The van der Waals surface area contributed by atoms with Crippen molar-refractivity contribution in [1.29, 1.82) is 0 Å². The molecule has 4 rings (SSSR count). The predicted octanol–water partition coefficient (Wildman–Crippen LogP) is 1.61. The molecule has 3 atom stereocenters. The van der Waals surface area contributed by atoms with Crippen LogP contribution < -0.4 is 4.90 Å². The molecular weight excluding hydrogens is 356 g/mol. The monoisotopic (exact) mass is 378 g/mol. The summed E-state index contributed by atoms with van der Waals surface area (Å²) in [4.78, 5) is 25.2. The zero-order valence-electron chi connectivity index (χ0n) is 14.6. The van der Waals surface area contributed by atoms with Crippen molar-refractivity contribution in [1.82, 2.24) is 4.31 Å². The Bertz CT molecular complexity index is 882. The van der Waals surface area contributed by atoms with Crippen LogP contribution in [-0.2, 0) is 26.0 Å². The Morgan fingerprint density at radius 3 is 2.69 bits per heavy atom. The van der Waals surface area contributed by atoms with Gasteiger partial charge in [-0.3, -0.25) is 9.59 Å². The maximum Gasteiger partial charge on any atom is 0.322 e. The number of carbonyl (C=O) groups is 2. The summed E-state index contributed by atoms with van der Waals surface area (Å²) < 4.78 is 27.9. The van der Waals surface area contributed by atoms with Crippen molar-refractivity contribution in [2.75, 3.05) is 11.9 Å². The number of carbonyl (C=O) groups excluding carboxylic acids is 1. The third-order valence-electron chi connectivity index (χ3n) is 6.02. The lowest BCUT2D eigenvalue weighted by molar-refractivity contribution is -0.141. The second-order valence-electron chi connectivity index (χ2n) is 7.46. The van der Waals surface area contributed by atoms with Crippen LogP contribution in [0.2, 0.25) is 0 Å². The van der Waals surface area contributed by atoms with Crippen molar-refractivity contribution in [2.45, 2.75) is 55.5 Å². The molecule has 1 amide bonds. The quantitative estimate of drug-likeness (QED) is 0.862. The summed E-state index contributed by atoms with van der Waals surface area (Å²) in [6, 6.07) is 3.40. The van der Waals surface area contributed by atoms with Gasteiger partial charge in [0.1, 0.15) is 6.04 Å². The van der Waals surface area contributed by atoms with Crippen molar-refractivity contribution in [3.8, 4) is 0 Å². The van der Waals surface area contributed by atoms with Crippen LogP contribution in [-0.4, -0.2) is 48.8 Å². The highest BCUT2D eigenvalue weighted by Gasteiger charge is 2.51. The number of rotatable bonds is 3. The summed E-state index contributed by atoms with van der Waals surface area (Å²) in [5.41, 5.74) is 1.38. The van der Waals surface area contributed by atoms with Crippen LogP contribution in [0.15, 0.2) is 23.1 Å². The lowest BCUT2D eigenvalue weighted by atomic mass is 9.85. The van der Waals surface area contributed by atoms with Gasteiger partial charge in [0.2, 0.25) is 15.9 Å². The van der Waals surface area contributed by atoms with E-state index in [2.05, 4.69) is 0 Å². The van der Waals surface area contributed by atoms with E-state index in [1.165, 1.54) is 21.3 Å². The van der Waals surface area contributed by atoms with Gasteiger partial charge in [-0.25, -0.2) is 8.42 Å². The molecule has 1 N–H and O–H groups in total. The van der Waals surface area contributed by atoms with Gasteiger partial charge in [-0.05, 0) is 48.9 Å². The first-order valence-electron chi connectivity index (χ1n) is 8.96. The van der Waals surface area contributed by atoms with E-state index in [-0.39, 0.29) is 29.2 Å². The Labute approximate surface area is 152 Å². The average Bonchev–Trinajstić information content (AvgIpc) is 3.13. The molecule has 1 aliphatic carbocycles. The molecule has 2 heterocycles. The molecule has 3 aliphatic rings. The predicted molar refractivity (Wildman–Crippen MR) is 94.4 cm³/mol. The Hall–Kier alpha value is -1.93. The molecule has 2 aliphatic heterocycles. The molecule has 8 heteroatoms. The van der Waals surface area contributed by atoms with Crippen LogP contribution in [0.1, 0.15) is 37.7 Å². The van der Waals surface area contributed by atoms with Gasteiger partial charge in [-0.1, -0.05) is 12.8 Å². The summed E-state index contributed by atoms with van der Waals surface area (Å²) in [5, 5.41) is 9.61. The molecule has 3 unspecified atom stereocenters. The lowest BCUT2D eigenvalue weighted by Crippen LogP contribution is -2.46. The van der Waals surface area contributed by atoms with Crippen LogP contribution in [0.25, 0.3) is 0 Å². The number of hydrogen-bond donors (Lipinski definition) is 1. The van der Waals surface area contributed by atoms with Gasteiger partial charge < -0.3 is 10.0 Å². The van der Waals surface area contributed by atoms with Crippen LogP contribution in [0.4, 0.5) is 5.69 Å². The maximum absolute atomic E-state index is 13.3. The molecule has 26 heavy (non-hydrogen) atoms. The minimum Gasteiger partial charge on any atom is -0.480 e. The first-order chi connectivity index (χ1) is 12.3. The molecule has 0 spiro atoms. The number of sulfonamides is 1. The van der Waals surface area contributed by atoms with E-state index in [1.807, 2.05) is 0 Å². The normalized spacial score (nSPS) is 28.9. The van der Waals surface area contributed by atoms with Gasteiger partial charge in [0, 0.05) is 18.8 Å². The highest BCUT2D eigenvalue weighted by molar-refractivity contribution is 7.89. The molecule has 1 aromatic rings. The van der Waals surface area contributed by atoms with Crippen LogP contribution >= 0.6 is 0 Å². The molecule has 1 saturated heterocycles.